The Hall–Kier alpha value is -3.54. The molecule has 1 rings (SSSR count). The summed E-state index contributed by atoms with van der Waals surface area (Å²) in [6.07, 6.45) is -0.493. The average Bonchev–Trinajstić information content (AvgIpc) is 2.89. The van der Waals surface area contributed by atoms with E-state index in [9.17, 15) is 19.2 Å². The lowest BCUT2D eigenvalue weighted by molar-refractivity contribution is -0.155. The van der Waals surface area contributed by atoms with Gasteiger partial charge in [0.05, 0.1) is 19.8 Å². The molecule has 0 amide bonds. The summed E-state index contributed by atoms with van der Waals surface area (Å²) in [5.74, 6) is -0.927. The number of carbonyl (C=O) groups is 4. The second-order valence-electron chi connectivity index (χ2n) is 8.76. The lowest BCUT2D eigenvalue weighted by atomic mass is 10.1. The van der Waals surface area contributed by atoms with Crippen molar-refractivity contribution in [2.24, 2.45) is 5.73 Å². The molecule has 220 valence electrons. The topological polar surface area (TPSA) is 159 Å². The molecule has 2 N–H and O–H groups in total. The van der Waals surface area contributed by atoms with Gasteiger partial charge in [0.25, 0.3) is 0 Å². The monoisotopic (exact) mass is 555 g/mol. The van der Waals surface area contributed by atoms with Crippen molar-refractivity contribution >= 4 is 24.4 Å². The van der Waals surface area contributed by atoms with E-state index in [1.54, 1.807) is 19.9 Å². The third kappa shape index (κ3) is 13.7. The van der Waals surface area contributed by atoms with E-state index in [1.807, 2.05) is 20.8 Å². The van der Waals surface area contributed by atoms with Gasteiger partial charge in [-0.3, -0.25) is 4.79 Å². The standard InChI is InChI=1S/C27H41NO11/c1-6-9-10-15-35-25(30)37-19(5)18(4)36-24(29)21(28)16-20-11-12-22(38-26(31)33-13-7-2)23(17-20)39-27(32)34-14-8-3/h11-12,17-19,21H,6-10,13-16,28H2,1-5H3/t18-,19-,21-/m0/s1. The smallest absolute Gasteiger partial charge is 0.458 e. The number of hydrogen-bond acceptors (Lipinski definition) is 12. The first-order valence-electron chi connectivity index (χ1n) is 13.2. The Bertz CT molecular complexity index is 921. The van der Waals surface area contributed by atoms with Crippen molar-refractivity contribution in [1.29, 1.82) is 0 Å². The van der Waals surface area contributed by atoms with Crippen LogP contribution in [0, 0.1) is 0 Å². The summed E-state index contributed by atoms with van der Waals surface area (Å²) >= 11 is 0. The summed E-state index contributed by atoms with van der Waals surface area (Å²) in [6.45, 7) is 9.37. The Morgan fingerprint density at radius 2 is 1.28 bits per heavy atom. The SMILES string of the molecule is CCCCCOC(=O)O[C@@H](C)[C@H](C)OC(=O)[C@@H](N)Cc1ccc(OC(=O)OCCC)c(OC(=O)OCCC)c1. The number of ether oxygens (including phenoxy) is 7. The summed E-state index contributed by atoms with van der Waals surface area (Å²) in [4.78, 5) is 48.3. The molecule has 1 aromatic rings. The molecule has 12 heteroatoms. The Morgan fingerprint density at radius 3 is 1.87 bits per heavy atom. The molecule has 0 saturated heterocycles. The van der Waals surface area contributed by atoms with Crippen LogP contribution >= 0.6 is 0 Å². The quantitative estimate of drug-likeness (QED) is 0.125. The van der Waals surface area contributed by atoms with E-state index < -0.39 is 42.7 Å². The molecule has 0 aliphatic rings. The summed E-state index contributed by atoms with van der Waals surface area (Å²) in [6, 6.07) is 3.23. The highest BCUT2D eigenvalue weighted by atomic mass is 16.7. The minimum absolute atomic E-state index is 0.00118. The highest BCUT2D eigenvalue weighted by Crippen LogP contribution is 2.30. The third-order valence-corrected chi connectivity index (χ3v) is 5.21. The molecule has 39 heavy (non-hydrogen) atoms. The molecule has 1 aromatic carbocycles. The Kier molecular flexibility index (Phi) is 16.0. The molecular weight excluding hydrogens is 514 g/mol. The van der Waals surface area contributed by atoms with Gasteiger partial charge in [0.1, 0.15) is 18.2 Å². The van der Waals surface area contributed by atoms with Crippen LogP contribution in [0.25, 0.3) is 0 Å². The van der Waals surface area contributed by atoms with Crippen LogP contribution in [0.3, 0.4) is 0 Å². The number of unbranched alkanes of at least 4 members (excludes halogenated alkanes) is 2. The highest BCUT2D eigenvalue weighted by molar-refractivity contribution is 5.76. The molecule has 0 aliphatic carbocycles. The van der Waals surface area contributed by atoms with E-state index in [4.69, 9.17) is 38.9 Å². The van der Waals surface area contributed by atoms with Crippen LogP contribution in [0.5, 0.6) is 11.5 Å². The molecule has 0 aliphatic heterocycles. The fourth-order valence-electron chi connectivity index (χ4n) is 2.95. The van der Waals surface area contributed by atoms with Gasteiger partial charge in [-0.2, -0.15) is 0 Å². The number of carbonyl (C=O) groups excluding carboxylic acids is 4. The average molecular weight is 556 g/mol. The molecule has 0 unspecified atom stereocenters. The highest BCUT2D eigenvalue weighted by Gasteiger charge is 2.25. The first-order valence-corrected chi connectivity index (χ1v) is 13.2. The largest absolute Gasteiger partial charge is 0.513 e. The van der Waals surface area contributed by atoms with E-state index in [0.29, 0.717) is 18.4 Å². The van der Waals surface area contributed by atoms with Gasteiger partial charge in [-0.25, -0.2) is 14.4 Å². The van der Waals surface area contributed by atoms with E-state index in [-0.39, 0.29) is 37.7 Å². The molecule has 0 aromatic heterocycles. The van der Waals surface area contributed by atoms with Crippen molar-refractivity contribution in [1.82, 2.24) is 0 Å². The molecule has 0 fully saturated rings. The van der Waals surface area contributed by atoms with Crippen molar-refractivity contribution < 1.29 is 52.3 Å². The normalized spacial score (nSPS) is 12.9. The predicted octanol–water partition coefficient (Wildman–Crippen LogP) is 5.07. The zero-order valence-corrected chi connectivity index (χ0v) is 23.4. The van der Waals surface area contributed by atoms with E-state index in [2.05, 4.69) is 0 Å². The van der Waals surface area contributed by atoms with Crippen LogP contribution in [-0.2, 0) is 34.9 Å². The number of benzene rings is 1. The van der Waals surface area contributed by atoms with Gasteiger partial charge in [0.15, 0.2) is 11.5 Å². The van der Waals surface area contributed by atoms with Gasteiger partial charge in [-0.15, -0.1) is 0 Å². The first kappa shape index (κ1) is 33.5. The van der Waals surface area contributed by atoms with Gasteiger partial charge >= 0.3 is 24.4 Å². The maximum absolute atomic E-state index is 12.6. The van der Waals surface area contributed by atoms with E-state index in [0.717, 1.165) is 19.3 Å². The number of rotatable bonds is 16. The molecule has 0 spiro atoms. The number of nitrogens with two attached hydrogens (primary N) is 1. The third-order valence-electron chi connectivity index (χ3n) is 5.21. The van der Waals surface area contributed by atoms with Crippen LogP contribution in [0.4, 0.5) is 14.4 Å². The Labute approximate surface area is 229 Å². The van der Waals surface area contributed by atoms with E-state index in [1.165, 1.54) is 12.1 Å². The zero-order chi connectivity index (χ0) is 29.2. The van der Waals surface area contributed by atoms with Gasteiger partial charge in [-0.05, 0) is 57.2 Å². The van der Waals surface area contributed by atoms with Crippen molar-refractivity contribution in [2.75, 3.05) is 19.8 Å². The second kappa shape index (κ2) is 18.7. The Balaban J connectivity index is 2.79. The minimum Gasteiger partial charge on any atom is -0.458 e. The van der Waals surface area contributed by atoms with Crippen LogP contribution in [0.2, 0.25) is 0 Å². The molecule has 0 heterocycles. The fourth-order valence-corrected chi connectivity index (χ4v) is 2.95. The summed E-state index contributed by atoms with van der Waals surface area (Å²) in [7, 11) is 0. The maximum atomic E-state index is 12.6. The van der Waals surface area contributed by atoms with Crippen LogP contribution in [-0.4, -0.2) is 62.5 Å². The van der Waals surface area contributed by atoms with Crippen LogP contribution < -0.4 is 15.2 Å². The molecule has 12 nitrogen and oxygen atoms in total. The van der Waals surface area contributed by atoms with Crippen molar-refractivity contribution in [3.63, 3.8) is 0 Å². The Morgan fingerprint density at radius 1 is 0.718 bits per heavy atom. The van der Waals surface area contributed by atoms with Crippen LogP contribution in [0.1, 0.15) is 72.3 Å². The summed E-state index contributed by atoms with van der Waals surface area (Å²) < 4.78 is 35.7. The molecular formula is C27H41NO11. The minimum atomic E-state index is -1.10. The lowest BCUT2D eigenvalue weighted by Crippen LogP contribution is -2.39. The lowest BCUT2D eigenvalue weighted by Gasteiger charge is -2.22. The number of hydrogen-bond donors (Lipinski definition) is 1. The predicted molar refractivity (Wildman–Crippen MR) is 140 cm³/mol. The molecule has 0 saturated carbocycles. The second-order valence-corrected chi connectivity index (χ2v) is 8.76. The van der Waals surface area contributed by atoms with Gasteiger partial charge in [0, 0.05) is 0 Å². The fraction of sp³-hybridized carbons (Fsp3) is 0.630. The van der Waals surface area contributed by atoms with Crippen LogP contribution in [0.15, 0.2) is 18.2 Å². The summed E-state index contributed by atoms with van der Waals surface area (Å²) in [5, 5.41) is 0. The van der Waals surface area contributed by atoms with Crippen molar-refractivity contribution in [2.45, 2.75) is 91.4 Å². The molecule has 0 bridgehead atoms. The summed E-state index contributed by atoms with van der Waals surface area (Å²) in [5.41, 5.74) is 6.52. The number of esters is 1. The van der Waals surface area contributed by atoms with Crippen molar-refractivity contribution in [3.8, 4) is 11.5 Å². The van der Waals surface area contributed by atoms with Gasteiger partial charge in [0.2, 0.25) is 0 Å². The van der Waals surface area contributed by atoms with E-state index >= 15 is 0 Å². The first-order chi connectivity index (χ1) is 18.6. The van der Waals surface area contributed by atoms with Gasteiger partial charge < -0.3 is 38.9 Å². The molecule has 3 atom stereocenters. The molecule has 0 radical (unpaired) electrons. The van der Waals surface area contributed by atoms with Gasteiger partial charge in [-0.1, -0.05) is 39.7 Å². The zero-order valence-electron chi connectivity index (χ0n) is 23.4. The van der Waals surface area contributed by atoms with Crippen molar-refractivity contribution in [3.05, 3.63) is 23.8 Å². The maximum Gasteiger partial charge on any atom is 0.513 e.